The smallest absolute Gasteiger partial charge is 0.337 e. The van der Waals surface area contributed by atoms with Crippen molar-refractivity contribution in [2.75, 3.05) is 6.54 Å². The normalized spacial score (nSPS) is 13.6. The van der Waals surface area contributed by atoms with Gasteiger partial charge >= 0.3 is 5.97 Å². The Morgan fingerprint density at radius 1 is 1.43 bits per heavy atom. The van der Waals surface area contributed by atoms with Crippen LogP contribution in [0.2, 0.25) is 5.02 Å². The number of amides is 1. The number of ether oxygens (including phenoxy) is 1. The standard InChI is InChI=1S/C14H18ClNO5/c1-8(2)21-11-5-4-9(15)6-10(11)12(17)16-7-14(3,20)13(18)19/h4-6,8,20H,7H2,1-3H3,(H,16,17)(H,18,19). The van der Waals surface area contributed by atoms with E-state index in [1.807, 2.05) is 13.8 Å². The predicted molar refractivity (Wildman–Crippen MR) is 77.8 cm³/mol. The summed E-state index contributed by atoms with van der Waals surface area (Å²) in [5.41, 5.74) is -1.87. The summed E-state index contributed by atoms with van der Waals surface area (Å²) >= 11 is 5.86. The summed E-state index contributed by atoms with van der Waals surface area (Å²) in [6.07, 6.45) is -0.139. The first-order valence-electron chi connectivity index (χ1n) is 6.33. The van der Waals surface area contributed by atoms with Gasteiger partial charge in [0.05, 0.1) is 18.2 Å². The molecule has 0 saturated heterocycles. The Bertz CT molecular complexity index is 542. The Labute approximate surface area is 127 Å². The number of hydrogen-bond acceptors (Lipinski definition) is 4. The monoisotopic (exact) mass is 315 g/mol. The first-order chi connectivity index (χ1) is 9.63. The number of aliphatic carboxylic acids is 1. The van der Waals surface area contributed by atoms with Crippen molar-refractivity contribution in [1.29, 1.82) is 0 Å². The van der Waals surface area contributed by atoms with Gasteiger partial charge in [-0.05, 0) is 39.0 Å². The number of halogens is 1. The fraction of sp³-hybridized carbons (Fsp3) is 0.429. The number of hydrogen-bond donors (Lipinski definition) is 3. The van der Waals surface area contributed by atoms with Crippen LogP contribution in [0.25, 0.3) is 0 Å². The maximum absolute atomic E-state index is 12.1. The second kappa shape index (κ2) is 6.78. The van der Waals surface area contributed by atoms with Gasteiger partial charge in [0.2, 0.25) is 0 Å². The molecule has 7 heteroatoms. The highest BCUT2D eigenvalue weighted by Gasteiger charge is 2.30. The fourth-order valence-corrected chi connectivity index (χ4v) is 1.63. The lowest BCUT2D eigenvalue weighted by atomic mass is 10.1. The van der Waals surface area contributed by atoms with E-state index in [1.165, 1.54) is 6.07 Å². The molecule has 21 heavy (non-hydrogen) atoms. The lowest BCUT2D eigenvalue weighted by Gasteiger charge is -2.19. The minimum absolute atomic E-state index is 0.139. The van der Waals surface area contributed by atoms with Crippen LogP contribution in [0.4, 0.5) is 0 Å². The van der Waals surface area contributed by atoms with Gasteiger partial charge in [0.15, 0.2) is 5.60 Å². The van der Waals surface area contributed by atoms with Gasteiger partial charge in [0, 0.05) is 5.02 Å². The minimum atomic E-state index is -2.05. The van der Waals surface area contributed by atoms with Crippen LogP contribution < -0.4 is 10.1 Å². The van der Waals surface area contributed by atoms with Crippen molar-refractivity contribution in [2.45, 2.75) is 32.5 Å². The maximum Gasteiger partial charge on any atom is 0.337 e. The summed E-state index contributed by atoms with van der Waals surface area (Å²) in [4.78, 5) is 22.9. The molecule has 6 nitrogen and oxygen atoms in total. The van der Waals surface area contributed by atoms with Crippen LogP contribution in [0.15, 0.2) is 18.2 Å². The predicted octanol–water partition coefficient (Wildman–Crippen LogP) is 1.69. The molecule has 0 heterocycles. The third-order valence-corrected chi connectivity index (χ3v) is 2.84. The van der Waals surface area contributed by atoms with Crippen molar-refractivity contribution in [1.82, 2.24) is 5.32 Å². The van der Waals surface area contributed by atoms with Crippen LogP contribution in [0, 0.1) is 0 Å². The Kier molecular flexibility index (Phi) is 5.57. The molecule has 0 aliphatic rings. The molecule has 0 spiro atoms. The Balaban J connectivity index is 2.91. The summed E-state index contributed by atoms with van der Waals surface area (Å²) in [5.74, 6) is -1.66. The molecule has 1 unspecified atom stereocenters. The quantitative estimate of drug-likeness (QED) is 0.742. The van der Waals surface area contributed by atoms with Gasteiger partial charge in [-0.2, -0.15) is 0 Å². The van der Waals surface area contributed by atoms with E-state index < -0.39 is 24.0 Å². The highest BCUT2D eigenvalue weighted by Crippen LogP contribution is 2.24. The zero-order chi connectivity index (χ0) is 16.2. The summed E-state index contributed by atoms with van der Waals surface area (Å²) < 4.78 is 5.50. The van der Waals surface area contributed by atoms with Crippen LogP contribution in [0.3, 0.4) is 0 Å². The van der Waals surface area contributed by atoms with Crippen LogP contribution >= 0.6 is 11.6 Å². The molecular weight excluding hydrogens is 298 g/mol. The number of carboxylic acid groups (broad SMARTS) is 1. The van der Waals surface area contributed by atoms with Crippen molar-refractivity contribution in [3.05, 3.63) is 28.8 Å². The van der Waals surface area contributed by atoms with E-state index in [9.17, 15) is 14.7 Å². The molecular formula is C14H18ClNO5. The zero-order valence-corrected chi connectivity index (χ0v) is 12.8. The summed E-state index contributed by atoms with van der Waals surface area (Å²) in [6, 6.07) is 4.57. The van der Waals surface area contributed by atoms with Gasteiger partial charge in [-0.15, -0.1) is 0 Å². The molecule has 1 rings (SSSR count). The van der Waals surface area contributed by atoms with Crippen LogP contribution in [-0.4, -0.2) is 40.3 Å². The Morgan fingerprint density at radius 3 is 2.57 bits per heavy atom. The Hall–Kier alpha value is -1.79. The van der Waals surface area contributed by atoms with Gasteiger partial charge in [-0.3, -0.25) is 4.79 Å². The average molecular weight is 316 g/mol. The van der Waals surface area contributed by atoms with Gasteiger partial charge in [0.25, 0.3) is 5.91 Å². The molecule has 0 fully saturated rings. The first-order valence-corrected chi connectivity index (χ1v) is 6.71. The van der Waals surface area contributed by atoms with Crippen LogP contribution in [0.1, 0.15) is 31.1 Å². The SMILES string of the molecule is CC(C)Oc1ccc(Cl)cc1C(=O)NCC(C)(O)C(=O)O. The van der Waals surface area contributed by atoms with Gasteiger partial charge in [-0.1, -0.05) is 11.6 Å². The summed E-state index contributed by atoms with van der Waals surface area (Å²) in [7, 11) is 0. The van der Waals surface area contributed by atoms with Crippen molar-refractivity contribution in [2.24, 2.45) is 0 Å². The molecule has 116 valence electrons. The third-order valence-electron chi connectivity index (χ3n) is 2.60. The third kappa shape index (κ3) is 4.91. The highest BCUT2D eigenvalue weighted by molar-refractivity contribution is 6.31. The number of carbonyl (C=O) groups excluding carboxylic acids is 1. The molecule has 1 atom stereocenters. The molecule has 1 amide bonds. The van der Waals surface area contributed by atoms with Crippen LogP contribution in [-0.2, 0) is 4.79 Å². The van der Waals surface area contributed by atoms with E-state index >= 15 is 0 Å². The van der Waals surface area contributed by atoms with Crippen molar-refractivity contribution in [3.8, 4) is 5.75 Å². The number of aliphatic hydroxyl groups is 1. The fourth-order valence-electron chi connectivity index (χ4n) is 1.46. The molecule has 1 aromatic rings. The summed E-state index contributed by atoms with van der Waals surface area (Å²) in [5, 5.41) is 21.1. The zero-order valence-electron chi connectivity index (χ0n) is 12.0. The van der Waals surface area contributed by atoms with E-state index in [2.05, 4.69) is 5.32 Å². The second-order valence-corrected chi connectivity index (χ2v) is 5.51. The van der Waals surface area contributed by atoms with E-state index in [0.29, 0.717) is 10.8 Å². The van der Waals surface area contributed by atoms with Gasteiger partial charge < -0.3 is 20.3 Å². The molecule has 1 aromatic carbocycles. The number of benzene rings is 1. The topological polar surface area (TPSA) is 95.9 Å². The molecule has 0 aliphatic heterocycles. The van der Waals surface area contributed by atoms with E-state index in [0.717, 1.165) is 6.92 Å². The summed E-state index contributed by atoms with van der Waals surface area (Å²) in [6.45, 7) is 4.28. The van der Waals surface area contributed by atoms with Crippen molar-refractivity contribution >= 4 is 23.5 Å². The van der Waals surface area contributed by atoms with E-state index in [-0.39, 0.29) is 11.7 Å². The molecule has 3 N–H and O–H groups in total. The molecule has 0 saturated carbocycles. The number of carbonyl (C=O) groups is 2. The van der Waals surface area contributed by atoms with E-state index in [1.54, 1.807) is 12.1 Å². The lowest BCUT2D eigenvalue weighted by Crippen LogP contribution is -2.46. The van der Waals surface area contributed by atoms with Gasteiger partial charge in [0.1, 0.15) is 5.75 Å². The van der Waals surface area contributed by atoms with Gasteiger partial charge in [-0.25, -0.2) is 4.79 Å². The van der Waals surface area contributed by atoms with Crippen LogP contribution in [0.5, 0.6) is 5.75 Å². The average Bonchev–Trinajstić information content (AvgIpc) is 2.37. The van der Waals surface area contributed by atoms with Crippen molar-refractivity contribution in [3.63, 3.8) is 0 Å². The highest BCUT2D eigenvalue weighted by atomic mass is 35.5. The Morgan fingerprint density at radius 2 is 2.05 bits per heavy atom. The van der Waals surface area contributed by atoms with E-state index in [4.69, 9.17) is 21.4 Å². The number of carboxylic acids is 1. The lowest BCUT2D eigenvalue weighted by molar-refractivity contribution is -0.155. The molecule has 0 bridgehead atoms. The minimum Gasteiger partial charge on any atom is -0.490 e. The molecule has 0 aromatic heterocycles. The number of rotatable bonds is 6. The first kappa shape index (κ1) is 17.3. The maximum atomic E-state index is 12.1. The largest absolute Gasteiger partial charge is 0.490 e. The molecule has 0 aliphatic carbocycles. The second-order valence-electron chi connectivity index (χ2n) is 5.07. The molecule has 0 radical (unpaired) electrons. The van der Waals surface area contributed by atoms with Crippen molar-refractivity contribution < 1.29 is 24.5 Å². The number of nitrogens with one attached hydrogen (secondary N) is 1.